The normalized spacial score (nSPS) is 12.3. The minimum Gasteiger partial charge on any atom is -0.309 e. The van der Waals surface area contributed by atoms with E-state index in [1.54, 1.807) is 17.8 Å². The van der Waals surface area contributed by atoms with Crippen LogP contribution in [0.3, 0.4) is 0 Å². The molecule has 2 aromatic rings. The van der Waals surface area contributed by atoms with Gasteiger partial charge in [-0.2, -0.15) is 0 Å². The van der Waals surface area contributed by atoms with Crippen LogP contribution in [0.5, 0.6) is 0 Å². The van der Waals surface area contributed by atoms with Crippen LogP contribution in [-0.2, 0) is 0 Å². The Morgan fingerprint density at radius 2 is 2.00 bits per heavy atom. The maximum atomic E-state index is 14.0. The summed E-state index contributed by atoms with van der Waals surface area (Å²) in [4.78, 5) is 1.10. The van der Waals surface area contributed by atoms with Gasteiger partial charge in [0.15, 0.2) is 0 Å². The molecule has 0 saturated heterocycles. The Labute approximate surface area is 134 Å². The molecule has 0 aliphatic carbocycles. The van der Waals surface area contributed by atoms with Crippen LogP contribution in [0.1, 0.15) is 24.9 Å². The molecule has 4 heteroatoms. The number of hydrogen-bond donors (Lipinski definition) is 1. The summed E-state index contributed by atoms with van der Waals surface area (Å²) in [5.41, 5.74) is 0.723. The Balaban J connectivity index is 2.08. The fraction of sp³-hybridized carbons (Fsp3) is 0.294. The quantitative estimate of drug-likeness (QED) is 0.693. The maximum absolute atomic E-state index is 14.0. The van der Waals surface area contributed by atoms with Crippen molar-refractivity contribution < 1.29 is 4.39 Å². The third kappa shape index (κ3) is 5.03. The molecule has 0 aliphatic heterocycles. The van der Waals surface area contributed by atoms with Crippen LogP contribution in [0.2, 0.25) is 5.02 Å². The van der Waals surface area contributed by atoms with E-state index in [0.29, 0.717) is 0 Å². The van der Waals surface area contributed by atoms with E-state index in [4.69, 9.17) is 11.6 Å². The Morgan fingerprint density at radius 1 is 1.19 bits per heavy atom. The van der Waals surface area contributed by atoms with Crippen molar-refractivity contribution in [2.45, 2.75) is 24.3 Å². The summed E-state index contributed by atoms with van der Waals surface area (Å²) in [5, 5.41) is 4.14. The minimum absolute atomic E-state index is 0.00451. The molecule has 1 nitrogen and oxygen atoms in total. The van der Waals surface area contributed by atoms with E-state index in [9.17, 15) is 4.39 Å². The van der Waals surface area contributed by atoms with Gasteiger partial charge < -0.3 is 5.32 Å². The summed E-state index contributed by atoms with van der Waals surface area (Å²) in [6.07, 6.45) is 1.02. The standard InChI is InChI=1S/C17H19ClFNS/c1-2-10-20-17(15-8-3-4-9-16(15)19)12-21-14-7-5-6-13(18)11-14/h3-9,11,17,20H,2,10,12H2,1H3. The van der Waals surface area contributed by atoms with E-state index in [1.807, 2.05) is 36.4 Å². The number of halogens is 2. The van der Waals surface area contributed by atoms with Crippen molar-refractivity contribution in [2.24, 2.45) is 0 Å². The molecule has 112 valence electrons. The van der Waals surface area contributed by atoms with E-state index in [-0.39, 0.29) is 11.9 Å². The molecule has 0 bridgehead atoms. The number of benzene rings is 2. The van der Waals surface area contributed by atoms with E-state index in [2.05, 4.69) is 12.2 Å². The average molecular weight is 324 g/mol. The fourth-order valence-corrected chi connectivity index (χ4v) is 3.37. The molecule has 1 unspecified atom stereocenters. The number of rotatable bonds is 7. The van der Waals surface area contributed by atoms with Crippen LogP contribution in [0, 0.1) is 5.82 Å². The van der Waals surface area contributed by atoms with Gasteiger partial charge >= 0.3 is 0 Å². The van der Waals surface area contributed by atoms with Gasteiger partial charge in [0.05, 0.1) is 0 Å². The van der Waals surface area contributed by atoms with Crippen molar-refractivity contribution >= 4 is 23.4 Å². The highest BCUT2D eigenvalue weighted by Crippen LogP contribution is 2.27. The summed E-state index contributed by atoms with van der Waals surface area (Å²) in [6, 6.07) is 14.7. The van der Waals surface area contributed by atoms with Crippen LogP contribution in [0.4, 0.5) is 4.39 Å². The van der Waals surface area contributed by atoms with E-state index < -0.39 is 0 Å². The lowest BCUT2D eigenvalue weighted by Gasteiger charge is -2.19. The van der Waals surface area contributed by atoms with E-state index >= 15 is 0 Å². The smallest absolute Gasteiger partial charge is 0.128 e. The van der Waals surface area contributed by atoms with Crippen LogP contribution in [0.15, 0.2) is 53.4 Å². The predicted molar refractivity (Wildman–Crippen MR) is 89.6 cm³/mol. The van der Waals surface area contributed by atoms with Gasteiger partial charge in [-0.1, -0.05) is 42.8 Å². The first-order valence-corrected chi connectivity index (χ1v) is 8.43. The van der Waals surface area contributed by atoms with Crippen molar-refractivity contribution in [2.75, 3.05) is 12.3 Å². The molecule has 1 N–H and O–H groups in total. The predicted octanol–water partition coefficient (Wildman–Crippen LogP) is 5.31. The van der Waals surface area contributed by atoms with Gasteiger partial charge in [0.2, 0.25) is 0 Å². The molecule has 1 atom stereocenters. The van der Waals surface area contributed by atoms with Crippen LogP contribution in [0.25, 0.3) is 0 Å². The van der Waals surface area contributed by atoms with Gasteiger partial charge in [-0.15, -0.1) is 11.8 Å². The molecule has 0 spiro atoms. The Kier molecular flexibility index (Phi) is 6.55. The van der Waals surface area contributed by atoms with Gasteiger partial charge in [0.1, 0.15) is 5.82 Å². The van der Waals surface area contributed by atoms with E-state index in [1.165, 1.54) is 6.07 Å². The summed E-state index contributed by atoms with van der Waals surface area (Å²) in [5.74, 6) is 0.610. The van der Waals surface area contributed by atoms with E-state index in [0.717, 1.165) is 34.2 Å². The lowest BCUT2D eigenvalue weighted by Crippen LogP contribution is -2.25. The van der Waals surface area contributed by atoms with Gasteiger partial charge in [0.25, 0.3) is 0 Å². The highest BCUT2D eigenvalue weighted by molar-refractivity contribution is 7.99. The highest BCUT2D eigenvalue weighted by Gasteiger charge is 2.15. The first kappa shape index (κ1) is 16.3. The van der Waals surface area contributed by atoms with Crippen molar-refractivity contribution in [1.82, 2.24) is 5.32 Å². The van der Waals surface area contributed by atoms with Crippen molar-refractivity contribution in [3.63, 3.8) is 0 Å². The molecular weight excluding hydrogens is 305 g/mol. The maximum Gasteiger partial charge on any atom is 0.128 e. The summed E-state index contributed by atoms with van der Waals surface area (Å²) in [7, 11) is 0. The van der Waals surface area contributed by atoms with Crippen molar-refractivity contribution in [3.8, 4) is 0 Å². The molecule has 2 rings (SSSR count). The molecule has 0 saturated carbocycles. The second-order valence-corrected chi connectivity index (χ2v) is 6.33. The Bertz CT molecular complexity index is 576. The Morgan fingerprint density at radius 3 is 2.71 bits per heavy atom. The van der Waals surface area contributed by atoms with Crippen LogP contribution < -0.4 is 5.32 Å². The minimum atomic E-state index is -0.155. The molecule has 0 aliphatic rings. The second-order valence-electron chi connectivity index (χ2n) is 4.80. The molecule has 0 fully saturated rings. The molecular formula is C17H19ClFNS. The number of hydrogen-bond acceptors (Lipinski definition) is 2. The van der Waals surface area contributed by atoms with Crippen LogP contribution >= 0.6 is 23.4 Å². The molecule has 2 aromatic carbocycles. The van der Waals surface area contributed by atoms with Crippen LogP contribution in [-0.4, -0.2) is 12.3 Å². The van der Waals surface area contributed by atoms with Gasteiger partial charge in [0, 0.05) is 27.3 Å². The highest BCUT2D eigenvalue weighted by atomic mass is 35.5. The van der Waals surface area contributed by atoms with Gasteiger partial charge in [-0.25, -0.2) is 4.39 Å². The summed E-state index contributed by atoms with van der Waals surface area (Å²) in [6.45, 7) is 2.98. The lowest BCUT2D eigenvalue weighted by atomic mass is 10.1. The largest absolute Gasteiger partial charge is 0.309 e. The topological polar surface area (TPSA) is 12.0 Å². The zero-order valence-electron chi connectivity index (χ0n) is 12.0. The third-order valence-corrected chi connectivity index (χ3v) is 4.46. The SMILES string of the molecule is CCCNC(CSc1cccc(Cl)c1)c1ccccc1F. The monoisotopic (exact) mass is 323 g/mol. The molecule has 0 radical (unpaired) electrons. The lowest BCUT2D eigenvalue weighted by molar-refractivity contribution is 0.532. The third-order valence-electron chi connectivity index (χ3n) is 3.13. The van der Waals surface area contributed by atoms with Gasteiger partial charge in [-0.05, 0) is 37.2 Å². The van der Waals surface area contributed by atoms with Crippen molar-refractivity contribution in [3.05, 3.63) is 64.9 Å². The summed E-state index contributed by atoms with van der Waals surface area (Å²) >= 11 is 7.68. The number of thioether (sulfide) groups is 1. The molecule has 0 aromatic heterocycles. The first-order valence-electron chi connectivity index (χ1n) is 7.07. The van der Waals surface area contributed by atoms with Gasteiger partial charge in [-0.3, -0.25) is 0 Å². The molecule has 21 heavy (non-hydrogen) atoms. The zero-order valence-corrected chi connectivity index (χ0v) is 13.6. The summed E-state index contributed by atoms with van der Waals surface area (Å²) < 4.78 is 14.0. The zero-order chi connectivity index (χ0) is 15.1. The first-order chi connectivity index (χ1) is 10.2. The van der Waals surface area contributed by atoms with Crippen molar-refractivity contribution in [1.29, 1.82) is 0 Å². The Hall–Kier alpha value is -1.03. The number of nitrogens with one attached hydrogen (secondary N) is 1. The second kappa shape index (κ2) is 8.42. The molecule has 0 heterocycles. The fourth-order valence-electron chi connectivity index (χ4n) is 2.07. The average Bonchev–Trinajstić information content (AvgIpc) is 2.48. The molecule has 0 amide bonds.